The number of rotatable bonds is 2. The van der Waals surface area contributed by atoms with Gasteiger partial charge in [0, 0.05) is 38.3 Å². The molecule has 150 valence electrons. The lowest BCUT2D eigenvalue weighted by Crippen LogP contribution is -1.92. The number of benzene rings is 5. The van der Waals surface area contributed by atoms with Crippen LogP contribution < -0.4 is 0 Å². The molecule has 0 saturated carbocycles. The van der Waals surface area contributed by atoms with Gasteiger partial charge in [-0.15, -0.1) is 0 Å². The fourth-order valence-electron chi connectivity index (χ4n) is 5.13. The average Bonchev–Trinajstić information content (AvgIpc) is 3.40. The van der Waals surface area contributed by atoms with Gasteiger partial charge < -0.3 is 9.55 Å². The van der Waals surface area contributed by atoms with Crippen LogP contribution in [0, 0.1) is 0 Å². The summed E-state index contributed by atoms with van der Waals surface area (Å²) in [4.78, 5) is 3.54. The molecule has 0 radical (unpaired) electrons. The van der Waals surface area contributed by atoms with Crippen molar-refractivity contribution in [3.63, 3.8) is 0 Å². The van der Waals surface area contributed by atoms with Crippen molar-refractivity contribution in [3.05, 3.63) is 115 Å². The molecule has 2 nitrogen and oxygen atoms in total. The first-order valence-electron chi connectivity index (χ1n) is 11.0. The van der Waals surface area contributed by atoms with Gasteiger partial charge in [-0.2, -0.15) is 0 Å². The van der Waals surface area contributed by atoms with Gasteiger partial charge in [-0.05, 0) is 53.6 Å². The van der Waals surface area contributed by atoms with Gasteiger partial charge in [0.25, 0.3) is 0 Å². The van der Waals surface area contributed by atoms with Crippen molar-refractivity contribution < 1.29 is 0 Å². The molecule has 1 N–H and O–H groups in total. The van der Waals surface area contributed by atoms with E-state index in [0.29, 0.717) is 0 Å². The molecule has 0 unspecified atom stereocenters. The third-order valence-electron chi connectivity index (χ3n) is 6.53. The van der Waals surface area contributed by atoms with Gasteiger partial charge in [-0.25, -0.2) is 0 Å². The number of hydrogen-bond donors (Lipinski definition) is 1. The van der Waals surface area contributed by atoms with Gasteiger partial charge in [-0.3, -0.25) is 0 Å². The Morgan fingerprint density at radius 1 is 0.500 bits per heavy atom. The van der Waals surface area contributed by atoms with Gasteiger partial charge in [0.15, 0.2) is 0 Å². The molecule has 2 heteroatoms. The molecule has 0 spiro atoms. The molecule has 7 rings (SSSR count). The van der Waals surface area contributed by atoms with Crippen molar-refractivity contribution in [1.82, 2.24) is 9.55 Å². The van der Waals surface area contributed by atoms with Crippen molar-refractivity contribution in [2.45, 2.75) is 0 Å². The van der Waals surface area contributed by atoms with E-state index >= 15 is 0 Å². The minimum Gasteiger partial charge on any atom is -0.355 e. The Kier molecular flexibility index (Phi) is 3.58. The first-order valence-corrected chi connectivity index (χ1v) is 11.0. The van der Waals surface area contributed by atoms with Crippen LogP contribution in [0.15, 0.2) is 115 Å². The predicted octanol–water partition coefficient (Wildman–Crippen LogP) is 8.09. The van der Waals surface area contributed by atoms with E-state index in [1.165, 1.54) is 60.4 Å². The molecule has 0 bridgehead atoms. The Balaban J connectivity index is 1.58. The number of fused-ring (bicyclic) bond motifs is 6. The van der Waals surface area contributed by atoms with Crippen LogP contribution in [0.4, 0.5) is 0 Å². The van der Waals surface area contributed by atoms with E-state index in [1.807, 2.05) is 0 Å². The number of nitrogens with one attached hydrogen (secondary N) is 1. The SMILES string of the molecule is c1ccc(-n2c3ccccc3c3c(-c4ccc5[nH]c6ccccc6c5c4)cccc32)cc1. The third kappa shape index (κ3) is 2.41. The van der Waals surface area contributed by atoms with Gasteiger partial charge in [0.05, 0.1) is 11.0 Å². The highest BCUT2D eigenvalue weighted by molar-refractivity contribution is 6.17. The fourth-order valence-corrected chi connectivity index (χ4v) is 5.13. The fraction of sp³-hybridized carbons (Fsp3) is 0. The van der Waals surface area contributed by atoms with Gasteiger partial charge in [0.1, 0.15) is 0 Å². The number of aromatic nitrogens is 2. The van der Waals surface area contributed by atoms with Crippen molar-refractivity contribution >= 4 is 43.6 Å². The highest BCUT2D eigenvalue weighted by Gasteiger charge is 2.16. The summed E-state index contributed by atoms with van der Waals surface area (Å²) in [6.45, 7) is 0. The molecular weight excluding hydrogens is 388 g/mol. The lowest BCUT2D eigenvalue weighted by molar-refractivity contribution is 1.18. The number of aromatic amines is 1. The highest BCUT2D eigenvalue weighted by atomic mass is 15.0. The molecule has 0 saturated heterocycles. The van der Waals surface area contributed by atoms with Crippen LogP contribution in [0.3, 0.4) is 0 Å². The zero-order valence-electron chi connectivity index (χ0n) is 17.4. The Hall–Kier alpha value is -4.30. The summed E-state index contributed by atoms with van der Waals surface area (Å²) in [6.07, 6.45) is 0. The number of hydrogen-bond acceptors (Lipinski definition) is 0. The summed E-state index contributed by atoms with van der Waals surface area (Å²) in [5, 5.41) is 5.11. The van der Waals surface area contributed by atoms with Gasteiger partial charge >= 0.3 is 0 Å². The molecule has 0 aliphatic heterocycles. The van der Waals surface area contributed by atoms with Crippen molar-refractivity contribution in [3.8, 4) is 16.8 Å². The second-order valence-electron chi connectivity index (χ2n) is 8.32. The van der Waals surface area contributed by atoms with E-state index in [2.05, 4.69) is 125 Å². The van der Waals surface area contributed by atoms with Crippen LogP contribution in [-0.2, 0) is 0 Å². The largest absolute Gasteiger partial charge is 0.355 e. The maximum absolute atomic E-state index is 3.54. The smallest absolute Gasteiger partial charge is 0.0547 e. The van der Waals surface area contributed by atoms with E-state index in [1.54, 1.807) is 0 Å². The van der Waals surface area contributed by atoms with Crippen LogP contribution in [-0.4, -0.2) is 9.55 Å². The number of H-pyrrole nitrogens is 1. The molecule has 32 heavy (non-hydrogen) atoms. The first kappa shape index (κ1) is 17.4. The lowest BCUT2D eigenvalue weighted by Gasteiger charge is -2.09. The quantitative estimate of drug-likeness (QED) is 0.298. The summed E-state index contributed by atoms with van der Waals surface area (Å²) in [7, 11) is 0. The zero-order valence-corrected chi connectivity index (χ0v) is 17.4. The second kappa shape index (κ2) is 6.60. The van der Waals surface area contributed by atoms with Crippen LogP contribution in [0.25, 0.3) is 60.4 Å². The monoisotopic (exact) mass is 408 g/mol. The summed E-state index contributed by atoms with van der Waals surface area (Å²) >= 11 is 0. The van der Waals surface area contributed by atoms with E-state index in [-0.39, 0.29) is 0 Å². The third-order valence-corrected chi connectivity index (χ3v) is 6.53. The highest BCUT2D eigenvalue weighted by Crippen LogP contribution is 2.39. The van der Waals surface area contributed by atoms with E-state index < -0.39 is 0 Å². The predicted molar refractivity (Wildman–Crippen MR) is 136 cm³/mol. The summed E-state index contributed by atoms with van der Waals surface area (Å²) in [5.74, 6) is 0. The van der Waals surface area contributed by atoms with Crippen LogP contribution in [0.2, 0.25) is 0 Å². The summed E-state index contributed by atoms with van der Waals surface area (Å²) in [6, 6.07) is 41.3. The summed E-state index contributed by atoms with van der Waals surface area (Å²) in [5.41, 5.74) is 8.50. The molecule has 2 heterocycles. The van der Waals surface area contributed by atoms with Crippen molar-refractivity contribution in [2.75, 3.05) is 0 Å². The summed E-state index contributed by atoms with van der Waals surface area (Å²) < 4.78 is 2.37. The van der Waals surface area contributed by atoms with Crippen molar-refractivity contribution in [2.24, 2.45) is 0 Å². The van der Waals surface area contributed by atoms with E-state index in [0.717, 1.165) is 0 Å². The molecule has 0 aliphatic carbocycles. The van der Waals surface area contributed by atoms with Gasteiger partial charge in [0.2, 0.25) is 0 Å². The molecule has 2 aromatic heterocycles. The van der Waals surface area contributed by atoms with Crippen LogP contribution in [0.5, 0.6) is 0 Å². The molecule has 5 aromatic carbocycles. The topological polar surface area (TPSA) is 20.7 Å². The standard InChI is InChI=1S/C30H20N2/c1-2-9-21(10-3-1)32-28-15-7-5-12-24(28)30-22(13-8-16-29(30)32)20-17-18-27-25(19-20)23-11-4-6-14-26(23)31-27/h1-19,31H. The van der Waals surface area contributed by atoms with E-state index in [4.69, 9.17) is 0 Å². The first-order chi connectivity index (χ1) is 15.9. The molecule has 0 aliphatic rings. The number of para-hydroxylation sites is 3. The molecular formula is C30H20N2. The van der Waals surface area contributed by atoms with Gasteiger partial charge in [-0.1, -0.05) is 72.8 Å². The lowest BCUT2D eigenvalue weighted by atomic mass is 9.98. The van der Waals surface area contributed by atoms with Crippen molar-refractivity contribution in [1.29, 1.82) is 0 Å². The average molecular weight is 409 g/mol. The second-order valence-corrected chi connectivity index (χ2v) is 8.32. The van der Waals surface area contributed by atoms with Crippen LogP contribution >= 0.6 is 0 Å². The normalized spacial score (nSPS) is 11.8. The minimum atomic E-state index is 1.17. The molecule has 0 atom stereocenters. The minimum absolute atomic E-state index is 1.17. The molecule has 0 amide bonds. The molecule has 0 fully saturated rings. The zero-order chi connectivity index (χ0) is 21.1. The molecule has 7 aromatic rings. The number of nitrogens with zero attached hydrogens (tertiary/aromatic N) is 1. The maximum atomic E-state index is 3.54. The Morgan fingerprint density at radius 2 is 1.22 bits per heavy atom. The van der Waals surface area contributed by atoms with Crippen LogP contribution in [0.1, 0.15) is 0 Å². The van der Waals surface area contributed by atoms with E-state index in [9.17, 15) is 0 Å². The Bertz CT molecular complexity index is 1770. The Morgan fingerprint density at radius 3 is 2.12 bits per heavy atom. The Labute approximate surface area is 185 Å². The maximum Gasteiger partial charge on any atom is 0.0547 e.